The first-order valence-electron chi connectivity index (χ1n) is 9.92. The lowest BCUT2D eigenvalue weighted by Gasteiger charge is -2.26. The summed E-state index contributed by atoms with van der Waals surface area (Å²) in [6, 6.07) is 4.32. The van der Waals surface area contributed by atoms with Crippen LogP contribution in [0.5, 0.6) is 0 Å². The third-order valence-electron chi connectivity index (χ3n) is 4.46. The van der Waals surface area contributed by atoms with Crippen LogP contribution in [-0.2, 0) is 6.54 Å². The number of nitrogens with one attached hydrogen (secondary N) is 2. The first-order valence-corrected chi connectivity index (χ1v) is 10.3. The highest BCUT2D eigenvalue weighted by Crippen LogP contribution is 2.25. The number of carbonyl (C=O) groups is 1. The SMILES string of the molecule is CC(C)CN(CC(C)C)c1n[nH]c2c(C(=O)NCc3ccc(F)c(Cl)c3)ncnc12. The summed E-state index contributed by atoms with van der Waals surface area (Å²) in [5.41, 5.74) is 1.99. The molecule has 0 bridgehead atoms. The number of fused-ring (bicyclic) bond motifs is 1. The topological polar surface area (TPSA) is 86.8 Å². The predicted octanol–water partition coefficient (Wildman–Crippen LogP) is 4.19. The van der Waals surface area contributed by atoms with E-state index < -0.39 is 5.82 Å². The summed E-state index contributed by atoms with van der Waals surface area (Å²) in [7, 11) is 0. The minimum atomic E-state index is -0.499. The van der Waals surface area contributed by atoms with Crippen molar-refractivity contribution in [2.45, 2.75) is 34.2 Å². The number of H-pyrrole nitrogens is 1. The molecule has 2 heterocycles. The van der Waals surface area contributed by atoms with E-state index in [0.29, 0.717) is 34.3 Å². The van der Waals surface area contributed by atoms with Crippen LogP contribution in [-0.4, -0.2) is 39.2 Å². The maximum Gasteiger partial charge on any atom is 0.272 e. The Hall–Kier alpha value is -2.74. The largest absolute Gasteiger partial charge is 0.353 e. The van der Waals surface area contributed by atoms with Crippen LogP contribution in [0, 0.1) is 17.7 Å². The zero-order valence-electron chi connectivity index (χ0n) is 17.5. The molecule has 2 N–H and O–H groups in total. The zero-order valence-corrected chi connectivity index (χ0v) is 18.3. The van der Waals surface area contributed by atoms with Gasteiger partial charge in [0.15, 0.2) is 11.5 Å². The van der Waals surface area contributed by atoms with E-state index in [1.807, 2.05) is 0 Å². The van der Waals surface area contributed by atoms with E-state index in [0.717, 1.165) is 13.1 Å². The highest BCUT2D eigenvalue weighted by molar-refractivity contribution is 6.30. The van der Waals surface area contributed by atoms with Gasteiger partial charge in [-0.2, -0.15) is 5.10 Å². The Bertz CT molecular complexity index is 1030. The lowest BCUT2D eigenvalue weighted by molar-refractivity contribution is 0.0947. The van der Waals surface area contributed by atoms with Crippen LogP contribution in [0.15, 0.2) is 24.5 Å². The number of nitrogens with zero attached hydrogens (tertiary/aromatic N) is 4. The number of benzene rings is 1. The van der Waals surface area contributed by atoms with Crippen molar-refractivity contribution in [1.29, 1.82) is 0 Å². The molecule has 0 unspecified atom stereocenters. The molecule has 0 radical (unpaired) electrons. The van der Waals surface area contributed by atoms with E-state index in [1.54, 1.807) is 6.07 Å². The minimum absolute atomic E-state index is 0.0137. The van der Waals surface area contributed by atoms with E-state index in [9.17, 15) is 9.18 Å². The molecule has 0 saturated carbocycles. The molecule has 0 spiro atoms. The van der Waals surface area contributed by atoms with Crippen molar-refractivity contribution >= 4 is 34.4 Å². The second kappa shape index (κ2) is 9.38. The first kappa shape index (κ1) is 22.0. The van der Waals surface area contributed by atoms with Gasteiger partial charge in [0.25, 0.3) is 5.91 Å². The number of halogens is 2. The predicted molar refractivity (Wildman–Crippen MR) is 116 cm³/mol. The van der Waals surface area contributed by atoms with E-state index in [2.05, 4.69) is 58.1 Å². The van der Waals surface area contributed by atoms with E-state index in [4.69, 9.17) is 11.6 Å². The van der Waals surface area contributed by atoms with Gasteiger partial charge >= 0.3 is 0 Å². The molecule has 0 atom stereocenters. The average molecular weight is 433 g/mol. The Labute approximate surface area is 180 Å². The van der Waals surface area contributed by atoms with Crippen LogP contribution in [0.4, 0.5) is 10.2 Å². The Kier molecular flexibility index (Phi) is 6.87. The summed E-state index contributed by atoms with van der Waals surface area (Å²) in [5.74, 6) is 0.735. The second-order valence-corrected chi connectivity index (χ2v) is 8.52. The highest BCUT2D eigenvalue weighted by Gasteiger charge is 2.21. The van der Waals surface area contributed by atoms with Crippen molar-refractivity contribution in [3.8, 4) is 0 Å². The van der Waals surface area contributed by atoms with Gasteiger partial charge in [-0.15, -0.1) is 0 Å². The van der Waals surface area contributed by atoms with Gasteiger partial charge in [-0.05, 0) is 29.5 Å². The molecule has 160 valence electrons. The van der Waals surface area contributed by atoms with Crippen LogP contribution in [0.2, 0.25) is 5.02 Å². The van der Waals surface area contributed by atoms with Crippen molar-refractivity contribution in [2.24, 2.45) is 11.8 Å². The van der Waals surface area contributed by atoms with Gasteiger partial charge in [0, 0.05) is 19.6 Å². The average Bonchev–Trinajstić information content (AvgIpc) is 3.11. The fraction of sp³-hybridized carbons (Fsp3) is 0.429. The Morgan fingerprint density at radius 1 is 1.20 bits per heavy atom. The summed E-state index contributed by atoms with van der Waals surface area (Å²) >= 11 is 5.80. The smallest absolute Gasteiger partial charge is 0.272 e. The number of anilines is 1. The van der Waals surface area contributed by atoms with Crippen LogP contribution >= 0.6 is 11.6 Å². The Morgan fingerprint density at radius 2 is 1.90 bits per heavy atom. The van der Waals surface area contributed by atoms with Crippen LogP contribution in [0.25, 0.3) is 11.0 Å². The molecule has 9 heteroatoms. The van der Waals surface area contributed by atoms with Crippen LogP contribution < -0.4 is 10.2 Å². The van der Waals surface area contributed by atoms with Gasteiger partial charge in [-0.1, -0.05) is 45.4 Å². The second-order valence-electron chi connectivity index (χ2n) is 8.12. The summed E-state index contributed by atoms with van der Waals surface area (Å²) in [6.07, 6.45) is 1.37. The summed E-state index contributed by atoms with van der Waals surface area (Å²) < 4.78 is 13.3. The third-order valence-corrected chi connectivity index (χ3v) is 4.75. The molecule has 0 aliphatic rings. The van der Waals surface area contributed by atoms with Crippen molar-refractivity contribution in [1.82, 2.24) is 25.5 Å². The number of carbonyl (C=O) groups excluding carboxylic acids is 1. The van der Waals surface area contributed by atoms with Crippen molar-refractivity contribution in [2.75, 3.05) is 18.0 Å². The third kappa shape index (κ3) is 5.05. The van der Waals surface area contributed by atoms with Crippen molar-refractivity contribution in [3.05, 3.63) is 46.6 Å². The molecule has 1 amide bonds. The monoisotopic (exact) mass is 432 g/mol. The molecule has 3 aromatic rings. The molecular weight excluding hydrogens is 407 g/mol. The summed E-state index contributed by atoms with van der Waals surface area (Å²) in [6.45, 7) is 10.5. The van der Waals surface area contributed by atoms with Gasteiger partial charge in [0.05, 0.1) is 5.02 Å². The molecule has 7 nitrogen and oxygen atoms in total. The fourth-order valence-electron chi connectivity index (χ4n) is 3.26. The zero-order chi connectivity index (χ0) is 21.8. The van der Waals surface area contributed by atoms with Gasteiger partial charge < -0.3 is 10.2 Å². The molecule has 3 rings (SSSR count). The number of hydrogen-bond acceptors (Lipinski definition) is 5. The fourth-order valence-corrected chi connectivity index (χ4v) is 3.46. The Balaban J connectivity index is 1.84. The minimum Gasteiger partial charge on any atom is -0.353 e. The van der Waals surface area contributed by atoms with E-state index in [1.165, 1.54) is 18.5 Å². The number of aromatic amines is 1. The number of aromatic nitrogens is 4. The maximum atomic E-state index is 13.3. The number of amides is 1. The molecule has 2 aromatic heterocycles. The van der Waals surface area contributed by atoms with Crippen molar-refractivity contribution < 1.29 is 9.18 Å². The van der Waals surface area contributed by atoms with Gasteiger partial charge in [-0.3, -0.25) is 9.89 Å². The summed E-state index contributed by atoms with van der Waals surface area (Å²) in [5, 5.41) is 10.2. The molecule has 30 heavy (non-hydrogen) atoms. The normalized spacial score (nSPS) is 11.5. The lowest BCUT2D eigenvalue weighted by Crippen LogP contribution is -2.31. The van der Waals surface area contributed by atoms with E-state index in [-0.39, 0.29) is 23.2 Å². The number of rotatable bonds is 8. The molecule has 0 fully saturated rings. The van der Waals surface area contributed by atoms with Gasteiger partial charge in [-0.25, -0.2) is 14.4 Å². The standard InChI is InChI=1S/C21H26ClFN6O/c1-12(2)9-29(10-13(3)4)20-18-17(27-28-20)19(26-11-25-18)21(30)24-8-14-5-6-16(23)15(22)7-14/h5-7,11-13H,8-10H2,1-4H3,(H,24,30)(H,27,28). The van der Waals surface area contributed by atoms with Crippen LogP contribution in [0.1, 0.15) is 43.7 Å². The first-order chi connectivity index (χ1) is 14.3. The molecule has 0 saturated heterocycles. The van der Waals surface area contributed by atoms with Crippen molar-refractivity contribution in [3.63, 3.8) is 0 Å². The molecular formula is C21H26ClFN6O. The van der Waals surface area contributed by atoms with Gasteiger partial charge in [0.2, 0.25) is 0 Å². The lowest BCUT2D eigenvalue weighted by atomic mass is 10.1. The Morgan fingerprint density at radius 3 is 2.53 bits per heavy atom. The molecule has 1 aromatic carbocycles. The summed E-state index contributed by atoms with van der Waals surface area (Å²) in [4.78, 5) is 23.5. The highest BCUT2D eigenvalue weighted by atomic mass is 35.5. The number of hydrogen-bond donors (Lipinski definition) is 2. The van der Waals surface area contributed by atoms with Crippen LogP contribution in [0.3, 0.4) is 0 Å². The van der Waals surface area contributed by atoms with Gasteiger partial charge in [0.1, 0.15) is 23.2 Å². The maximum absolute atomic E-state index is 13.3. The van der Waals surface area contributed by atoms with E-state index >= 15 is 0 Å². The molecule has 0 aliphatic carbocycles. The quantitative estimate of drug-likeness (QED) is 0.557. The molecule has 0 aliphatic heterocycles.